The van der Waals surface area contributed by atoms with E-state index in [-0.39, 0.29) is 0 Å². The van der Waals surface area contributed by atoms with Crippen LogP contribution in [0.15, 0.2) is 36.0 Å². The molecule has 0 radical (unpaired) electrons. The quantitative estimate of drug-likeness (QED) is 0.801. The highest BCUT2D eigenvalue weighted by molar-refractivity contribution is 7.15. The first-order valence-corrected chi connectivity index (χ1v) is 8.55. The van der Waals surface area contributed by atoms with Crippen LogP contribution in [0.4, 0.5) is 0 Å². The third kappa shape index (κ3) is 2.62. The van der Waals surface area contributed by atoms with Crippen molar-refractivity contribution < 1.29 is 4.74 Å². The van der Waals surface area contributed by atoms with Gasteiger partial charge in [0.25, 0.3) is 0 Å². The van der Waals surface area contributed by atoms with Crippen molar-refractivity contribution in [3.8, 4) is 5.75 Å². The zero-order valence-corrected chi connectivity index (χ0v) is 13.4. The second-order valence-corrected chi connectivity index (χ2v) is 6.66. The molecule has 5 heteroatoms. The number of fused-ring (bicyclic) bond motifs is 2. The van der Waals surface area contributed by atoms with E-state index >= 15 is 0 Å². The zero-order chi connectivity index (χ0) is 14.9. The normalized spacial score (nSPS) is 18.0. The Morgan fingerprint density at radius 2 is 2.41 bits per heavy atom. The molecule has 0 spiro atoms. The summed E-state index contributed by atoms with van der Waals surface area (Å²) in [5.74, 6) is 1.03. The molecule has 0 amide bonds. The summed E-state index contributed by atoms with van der Waals surface area (Å²) >= 11 is 1.67. The lowest BCUT2D eigenvalue weighted by Gasteiger charge is -2.18. The first kappa shape index (κ1) is 13.8. The van der Waals surface area contributed by atoms with Crippen LogP contribution >= 0.6 is 11.3 Å². The van der Waals surface area contributed by atoms with Gasteiger partial charge in [-0.1, -0.05) is 12.1 Å². The van der Waals surface area contributed by atoms with Gasteiger partial charge in [0.2, 0.25) is 0 Å². The molecule has 3 aromatic rings. The summed E-state index contributed by atoms with van der Waals surface area (Å²) in [6.45, 7) is 3.69. The summed E-state index contributed by atoms with van der Waals surface area (Å²) in [7, 11) is 0. The number of thiazole rings is 1. The first-order chi connectivity index (χ1) is 10.8. The van der Waals surface area contributed by atoms with E-state index in [2.05, 4.69) is 51.4 Å². The van der Waals surface area contributed by atoms with Crippen LogP contribution < -0.4 is 10.1 Å². The Balaban J connectivity index is 1.53. The Kier molecular flexibility index (Phi) is 3.60. The molecular formula is C17H19N3OS. The third-order valence-corrected chi connectivity index (χ3v) is 4.88. The minimum absolute atomic E-state index is 0.331. The predicted molar refractivity (Wildman–Crippen MR) is 88.6 cm³/mol. The lowest BCUT2D eigenvalue weighted by atomic mass is 10.0. The highest BCUT2D eigenvalue weighted by Gasteiger charge is 2.19. The number of hydrogen-bond acceptors (Lipinski definition) is 4. The van der Waals surface area contributed by atoms with E-state index in [4.69, 9.17) is 4.74 Å². The van der Waals surface area contributed by atoms with Crippen LogP contribution in [-0.2, 0) is 6.54 Å². The first-order valence-electron chi connectivity index (χ1n) is 7.67. The number of hydrogen-bond donors (Lipinski definition) is 1. The van der Waals surface area contributed by atoms with Crippen LogP contribution in [0.3, 0.4) is 0 Å². The summed E-state index contributed by atoms with van der Waals surface area (Å²) in [5, 5.41) is 5.71. The third-order valence-electron chi connectivity index (χ3n) is 4.11. The van der Waals surface area contributed by atoms with Crippen LogP contribution in [0.25, 0.3) is 4.96 Å². The second kappa shape index (κ2) is 5.74. The maximum absolute atomic E-state index is 5.89. The molecule has 1 aliphatic rings. The highest BCUT2D eigenvalue weighted by Crippen LogP contribution is 2.32. The Bertz CT molecular complexity index is 764. The largest absolute Gasteiger partial charge is 0.493 e. The minimum atomic E-state index is 0.331. The standard InChI is InChI=1S/C17H19N3OS/c1-12-4-5-14-15(3-2-7-21-16(14)9-12)18-10-13-11-20-6-8-22-17(20)19-13/h4-6,8-9,11,15,18H,2-3,7,10H2,1H3/t15-/m1/s1. The summed E-state index contributed by atoms with van der Waals surface area (Å²) in [6, 6.07) is 6.83. The van der Waals surface area contributed by atoms with Crippen LogP contribution in [-0.4, -0.2) is 16.0 Å². The molecule has 4 rings (SSSR count). The second-order valence-electron chi connectivity index (χ2n) is 5.79. The molecule has 114 valence electrons. The van der Waals surface area contributed by atoms with Gasteiger partial charge in [0.15, 0.2) is 4.96 Å². The van der Waals surface area contributed by atoms with E-state index < -0.39 is 0 Å². The van der Waals surface area contributed by atoms with Gasteiger partial charge in [0, 0.05) is 35.9 Å². The van der Waals surface area contributed by atoms with Crippen molar-refractivity contribution >= 4 is 16.3 Å². The number of rotatable bonds is 3. The van der Waals surface area contributed by atoms with Gasteiger partial charge in [-0.15, -0.1) is 11.3 Å². The van der Waals surface area contributed by atoms with Crippen LogP contribution in [0.1, 0.15) is 35.7 Å². The molecule has 0 fully saturated rings. The van der Waals surface area contributed by atoms with Crippen molar-refractivity contribution in [3.63, 3.8) is 0 Å². The van der Waals surface area contributed by atoms with Gasteiger partial charge in [-0.2, -0.15) is 0 Å². The summed E-state index contributed by atoms with van der Waals surface area (Å²) in [4.78, 5) is 5.69. The molecule has 0 unspecified atom stereocenters. The molecule has 0 saturated heterocycles. The van der Waals surface area contributed by atoms with Gasteiger partial charge >= 0.3 is 0 Å². The smallest absolute Gasteiger partial charge is 0.193 e. The summed E-state index contributed by atoms with van der Waals surface area (Å²) in [6.07, 6.45) is 6.32. The molecule has 1 aliphatic heterocycles. The SMILES string of the molecule is Cc1ccc2c(c1)OCCC[C@H]2NCc1cn2ccsc2n1. The summed E-state index contributed by atoms with van der Waals surface area (Å²) in [5.41, 5.74) is 3.60. The maximum atomic E-state index is 5.89. The molecule has 22 heavy (non-hydrogen) atoms. The molecular weight excluding hydrogens is 294 g/mol. The van der Waals surface area contributed by atoms with Crippen molar-refractivity contribution in [2.45, 2.75) is 32.4 Å². The van der Waals surface area contributed by atoms with Gasteiger partial charge in [-0.25, -0.2) is 4.98 Å². The number of aromatic nitrogens is 2. The molecule has 3 heterocycles. The van der Waals surface area contributed by atoms with Gasteiger partial charge in [-0.3, -0.25) is 4.40 Å². The van der Waals surface area contributed by atoms with Gasteiger partial charge in [0.1, 0.15) is 5.75 Å². The highest BCUT2D eigenvalue weighted by atomic mass is 32.1. The number of nitrogens with one attached hydrogen (secondary N) is 1. The fraction of sp³-hybridized carbons (Fsp3) is 0.353. The van der Waals surface area contributed by atoms with Crippen molar-refractivity contribution in [1.29, 1.82) is 0 Å². The topological polar surface area (TPSA) is 38.6 Å². The fourth-order valence-electron chi connectivity index (χ4n) is 2.98. The number of ether oxygens (including phenoxy) is 1. The molecule has 0 bridgehead atoms. The van der Waals surface area contributed by atoms with E-state index in [1.165, 1.54) is 11.1 Å². The Morgan fingerprint density at radius 1 is 1.45 bits per heavy atom. The average molecular weight is 313 g/mol. The summed E-state index contributed by atoms with van der Waals surface area (Å²) < 4.78 is 7.97. The van der Waals surface area contributed by atoms with E-state index in [0.717, 1.165) is 42.4 Å². The van der Waals surface area contributed by atoms with Crippen LogP contribution in [0, 0.1) is 6.92 Å². The van der Waals surface area contributed by atoms with E-state index in [1.807, 2.05) is 6.20 Å². The number of nitrogens with zero attached hydrogens (tertiary/aromatic N) is 2. The molecule has 1 aromatic carbocycles. The van der Waals surface area contributed by atoms with Crippen molar-refractivity contribution in [3.05, 3.63) is 52.8 Å². The van der Waals surface area contributed by atoms with Crippen molar-refractivity contribution in [2.75, 3.05) is 6.61 Å². The monoisotopic (exact) mass is 313 g/mol. The molecule has 0 aliphatic carbocycles. The van der Waals surface area contributed by atoms with Crippen LogP contribution in [0.5, 0.6) is 5.75 Å². The number of imidazole rings is 1. The maximum Gasteiger partial charge on any atom is 0.193 e. The molecule has 1 N–H and O–H groups in total. The Morgan fingerprint density at radius 3 is 3.32 bits per heavy atom. The lowest BCUT2D eigenvalue weighted by molar-refractivity contribution is 0.315. The number of benzene rings is 1. The molecule has 1 atom stereocenters. The fourth-order valence-corrected chi connectivity index (χ4v) is 3.70. The van der Waals surface area contributed by atoms with Gasteiger partial charge in [-0.05, 0) is 31.4 Å². The molecule has 4 nitrogen and oxygen atoms in total. The Labute approximate surface area is 133 Å². The van der Waals surface area contributed by atoms with Crippen molar-refractivity contribution in [1.82, 2.24) is 14.7 Å². The predicted octanol–water partition coefficient (Wildman–Crippen LogP) is 3.71. The van der Waals surface area contributed by atoms with Crippen LogP contribution in [0.2, 0.25) is 0 Å². The molecule has 0 saturated carbocycles. The van der Waals surface area contributed by atoms with E-state index in [1.54, 1.807) is 11.3 Å². The van der Waals surface area contributed by atoms with E-state index in [0.29, 0.717) is 6.04 Å². The van der Waals surface area contributed by atoms with E-state index in [9.17, 15) is 0 Å². The number of aryl methyl sites for hydroxylation is 1. The zero-order valence-electron chi connectivity index (χ0n) is 12.6. The van der Waals surface area contributed by atoms with Gasteiger partial charge in [0.05, 0.1) is 12.3 Å². The molecule has 2 aromatic heterocycles. The van der Waals surface area contributed by atoms with Crippen molar-refractivity contribution in [2.24, 2.45) is 0 Å². The average Bonchev–Trinajstić information content (AvgIpc) is 3.02. The lowest BCUT2D eigenvalue weighted by Crippen LogP contribution is -2.20. The Hall–Kier alpha value is -1.85. The van der Waals surface area contributed by atoms with Gasteiger partial charge < -0.3 is 10.1 Å². The minimum Gasteiger partial charge on any atom is -0.493 e.